The normalized spacial score (nSPS) is 9.79. The van der Waals surface area contributed by atoms with Gasteiger partial charge in [-0.2, -0.15) is 0 Å². The summed E-state index contributed by atoms with van der Waals surface area (Å²) in [6, 6.07) is 13.1. The maximum absolute atomic E-state index is 5.49. The van der Waals surface area contributed by atoms with Gasteiger partial charge in [0.25, 0.3) is 0 Å². The summed E-state index contributed by atoms with van der Waals surface area (Å²) in [6.07, 6.45) is 1.70. The van der Waals surface area contributed by atoms with Gasteiger partial charge in [0.05, 0.1) is 0 Å². The lowest BCUT2D eigenvalue weighted by molar-refractivity contribution is 0.463. The smallest absolute Gasteiger partial charge is 0.219 e. The number of hydrogen-bond donors (Lipinski definition) is 0. The number of pyridine rings is 1. The van der Waals surface area contributed by atoms with Gasteiger partial charge >= 0.3 is 0 Å². The summed E-state index contributed by atoms with van der Waals surface area (Å²) in [5.41, 5.74) is 0.971. The maximum Gasteiger partial charge on any atom is 0.219 e. The Morgan fingerprint density at radius 1 is 1.00 bits per heavy atom. The zero-order valence-electron chi connectivity index (χ0n) is 7.68. The predicted octanol–water partition coefficient (Wildman–Crippen LogP) is 3.06. The monoisotopic (exact) mass is 184 g/mol. The van der Waals surface area contributed by atoms with Crippen LogP contribution in [-0.2, 0) is 0 Å². The summed E-state index contributed by atoms with van der Waals surface area (Å²) in [5, 5.41) is 0. The molecular weight excluding hydrogens is 174 g/mol. The van der Waals surface area contributed by atoms with Gasteiger partial charge in [0, 0.05) is 12.3 Å². The molecule has 2 aromatic rings. The largest absolute Gasteiger partial charge is 0.439 e. The fourth-order valence-electron chi connectivity index (χ4n) is 1.09. The Morgan fingerprint density at radius 2 is 1.79 bits per heavy atom. The predicted molar refractivity (Wildman–Crippen MR) is 55.2 cm³/mol. The molecule has 0 saturated carbocycles. The molecule has 2 nitrogen and oxygen atoms in total. The molecule has 0 atom stereocenters. The third-order valence-electron chi connectivity index (χ3n) is 1.78. The van der Waals surface area contributed by atoms with Crippen molar-refractivity contribution < 1.29 is 4.74 Å². The highest BCUT2D eigenvalue weighted by molar-refractivity contribution is 5.31. The molecular formula is C12H10NO. The van der Waals surface area contributed by atoms with E-state index < -0.39 is 0 Å². The van der Waals surface area contributed by atoms with E-state index in [0.717, 1.165) is 11.3 Å². The summed E-state index contributed by atoms with van der Waals surface area (Å²) in [5.74, 6) is 1.38. The molecule has 0 N–H and O–H groups in total. The van der Waals surface area contributed by atoms with Crippen LogP contribution in [0.1, 0.15) is 5.56 Å². The molecule has 69 valence electrons. The summed E-state index contributed by atoms with van der Waals surface area (Å²) < 4.78 is 5.49. The minimum atomic E-state index is 0.601. The molecule has 1 heterocycles. The second-order valence-electron chi connectivity index (χ2n) is 2.91. The average molecular weight is 184 g/mol. The molecule has 14 heavy (non-hydrogen) atoms. The maximum atomic E-state index is 5.49. The third-order valence-corrected chi connectivity index (χ3v) is 1.78. The van der Waals surface area contributed by atoms with Gasteiger partial charge in [0.2, 0.25) is 5.88 Å². The van der Waals surface area contributed by atoms with Crippen molar-refractivity contribution in [1.29, 1.82) is 0 Å². The highest BCUT2D eigenvalue weighted by Gasteiger charge is 1.95. The standard InChI is InChI=1S/C12H10NO/c1-10-5-7-11(8-6-10)14-12-4-2-3-9-13-12/h2-9H,1H2. The molecule has 2 heteroatoms. The molecule has 0 fully saturated rings. The van der Waals surface area contributed by atoms with Crippen molar-refractivity contribution in [2.24, 2.45) is 0 Å². The van der Waals surface area contributed by atoms with Crippen molar-refractivity contribution >= 4 is 0 Å². The van der Waals surface area contributed by atoms with E-state index >= 15 is 0 Å². The molecule has 0 aliphatic heterocycles. The molecule has 0 unspecified atom stereocenters. The van der Waals surface area contributed by atoms with Gasteiger partial charge in [-0.1, -0.05) is 18.2 Å². The van der Waals surface area contributed by atoms with Gasteiger partial charge in [0.15, 0.2) is 0 Å². The van der Waals surface area contributed by atoms with Crippen LogP contribution in [0.5, 0.6) is 11.6 Å². The van der Waals surface area contributed by atoms with E-state index in [9.17, 15) is 0 Å². The van der Waals surface area contributed by atoms with Crippen molar-refractivity contribution in [3.05, 3.63) is 61.1 Å². The van der Waals surface area contributed by atoms with E-state index in [1.54, 1.807) is 6.20 Å². The molecule has 0 amide bonds. The topological polar surface area (TPSA) is 22.1 Å². The van der Waals surface area contributed by atoms with E-state index in [2.05, 4.69) is 11.9 Å². The highest BCUT2D eigenvalue weighted by Crippen LogP contribution is 2.18. The molecule has 0 aliphatic rings. The molecule has 1 radical (unpaired) electrons. The highest BCUT2D eigenvalue weighted by atomic mass is 16.5. The van der Waals surface area contributed by atoms with Crippen molar-refractivity contribution in [1.82, 2.24) is 4.98 Å². The first-order valence-electron chi connectivity index (χ1n) is 4.35. The minimum Gasteiger partial charge on any atom is -0.439 e. The van der Waals surface area contributed by atoms with Crippen LogP contribution in [0.25, 0.3) is 0 Å². The summed E-state index contributed by atoms with van der Waals surface area (Å²) in [6.45, 7) is 3.80. The van der Waals surface area contributed by atoms with Gasteiger partial charge in [-0.3, -0.25) is 0 Å². The van der Waals surface area contributed by atoms with Crippen LogP contribution >= 0.6 is 0 Å². The van der Waals surface area contributed by atoms with Crippen LogP contribution in [0.3, 0.4) is 0 Å². The van der Waals surface area contributed by atoms with Crippen molar-refractivity contribution in [3.8, 4) is 11.6 Å². The Hall–Kier alpha value is -1.83. The molecule has 1 aromatic carbocycles. The van der Waals surface area contributed by atoms with Gasteiger partial charge in [-0.15, -0.1) is 0 Å². The van der Waals surface area contributed by atoms with Gasteiger partial charge < -0.3 is 4.74 Å². The number of aromatic nitrogens is 1. The third kappa shape index (κ3) is 2.10. The Labute approximate surface area is 83.2 Å². The van der Waals surface area contributed by atoms with E-state index in [1.165, 1.54) is 0 Å². The second-order valence-corrected chi connectivity index (χ2v) is 2.91. The fraction of sp³-hybridized carbons (Fsp3) is 0. The van der Waals surface area contributed by atoms with Crippen LogP contribution in [0.15, 0.2) is 48.7 Å². The molecule has 2 rings (SSSR count). The SMILES string of the molecule is [CH2]c1ccc(Oc2ccccn2)cc1. The average Bonchev–Trinajstić information content (AvgIpc) is 2.23. The Morgan fingerprint density at radius 3 is 2.43 bits per heavy atom. The zero-order chi connectivity index (χ0) is 9.80. The molecule has 0 aliphatic carbocycles. The lowest BCUT2D eigenvalue weighted by Gasteiger charge is -2.03. The summed E-state index contributed by atoms with van der Waals surface area (Å²) in [4.78, 5) is 4.06. The van der Waals surface area contributed by atoms with Crippen LogP contribution in [-0.4, -0.2) is 4.98 Å². The summed E-state index contributed by atoms with van der Waals surface area (Å²) >= 11 is 0. The van der Waals surface area contributed by atoms with Crippen molar-refractivity contribution in [3.63, 3.8) is 0 Å². The number of rotatable bonds is 2. The van der Waals surface area contributed by atoms with E-state index in [4.69, 9.17) is 4.74 Å². The first-order chi connectivity index (χ1) is 6.84. The van der Waals surface area contributed by atoms with Crippen LogP contribution in [0.2, 0.25) is 0 Å². The first kappa shape index (κ1) is 8.75. The van der Waals surface area contributed by atoms with E-state index in [0.29, 0.717) is 5.88 Å². The summed E-state index contributed by atoms with van der Waals surface area (Å²) in [7, 11) is 0. The lowest BCUT2D eigenvalue weighted by Crippen LogP contribution is -1.86. The number of hydrogen-bond acceptors (Lipinski definition) is 2. The van der Waals surface area contributed by atoms with Crippen LogP contribution < -0.4 is 4.74 Å². The molecule has 0 spiro atoms. The number of nitrogens with zero attached hydrogens (tertiary/aromatic N) is 1. The van der Waals surface area contributed by atoms with Gasteiger partial charge in [-0.25, -0.2) is 4.98 Å². The Bertz CT molecular complexity index is 394. The first-order valence-corrected chi connectivity index (χ1v) is 4.35. The minimum absolute atomic E-state index is 0.601. The lowest BCUT2D eigenvalue weighted by atomic mass is 10.2. The van der Waals surface area contributed by atoms with Crippen molar-refractivity contribution in [2.75, 3.05) is 0 Å². The molecule has 0 saturated heterocycles. The number of ether oxygens (including phenoxy) is 1. The van der Waals surface area contributed by atoms with Crippen LogP contribution in [0, 0.1) is 6.92 Å². The van der Waals surface area contributed by atoms with E-state index in [1.807, 2.05) is 42.5 Å². The van der Waals surface area contributed by atoms with Crippen molar-refractivity contribution in [2.45, 2.75) is 0 Å². The molecule has 1 aromatic heterocycles. The van der Waals surface area contributed by atoms with Gasteiger partial charge in [0.1, 0.15) is 5.75 Å². The Kier molecular flexibility index (Phi) is 2.45. The zero-order valence-corrected chi connectivity index (χ0v) is 7.68. The Balaban J connectivity index is 2.16. The van der Waals surface area contributed by atoms with E-state index in [-0.39, 0.29) is 0 Å². The van der Waals surface area contributed by atoms with Gasteiger partial charge in [-0.05, 0) is 30.7 Å². The number of benzene rings is 1. The second kappa shape index (κ2) is 3.92. The molecule has 0 bridgehead atoms. The quantitative estimate of drug-likeness (QED) is 0.715. The fourth-order valence-corrected chi connectivity index (χ4v) is 1.09. The van der Waals surface area contributed by atoms with Crippen LogP contribution in [0.4, 0.5) is 0 Å².